The zero-order valence-corrected chi connectivity index (χ0v) is 9.49. The molecule has 0 aliphatic heterocycles. The highest BCUT2D eigenvalue weighted by Crippen LogP contribution is 2.11. The largest absolute Gasteiger partial charge is 0.387 e. The summed E-state index contributed by atoms with van der Waals surface area (Å²) >= 11 is 0. The van der Waals surface area contributed by atoms with Gasteiger partial charge in [0.05, 0.1) is 17.9 Å². The molecule has 0 aliphatic rings. The molecule has 1 unspecified atom stereocenters. The van der Waals surface area contributed by atoms with E-state index in [0.717, 1.165) is 5.56 Å². The van der Waals surface area contributed by atoms with Crippen molar-refractivity contribution in [3.8, 4) is 11.9 Å². The lowest BCUT2D eigenvalue weighted by atomic mass is 10.2. The number of aryl methyl sites for hydroxylation is 1. The third-order valence-corrected chi connectivity index (χ3v) is 2.36. The summed E-state index contributed by atoms with van der Waals surface area (Å²) in [5.74, 6) is 0.522. The van der Waals surface area contributed by atoms with Crippen molar-refractivity contribution in [2.75, 3.05) is 0 Å². The van der Waals surface area contributed by atoms with E-state index in [9.17, 15) is 5.11 Å². The molecule has 1 N–H and O–H groups in total. The zero-order chi connectivity index (χ0) is 12.4. The highest BCUT2D eigenvalue weighted by molar-refractivity contribution is 5.38. The zero-order valence-electron chi connectivity index (χ0n) is 9.49. The minimum Gasteiger partial charge on any atom is -0.387 e. The maximum atomic E-state index is 9.34. The molecule has 6 nitrogen and oxygen atoms in total. The summed E-state index contributed by atoms with van der Waals surface area (Å²) in [6, 6.07) is 3.77. The third-order valence-electron chi connectivity index (χ3n) is 2.36. The van der Waals surface area contributed by atoms with Crippen LogP contribution in [0.2, 0.25) is 0 Å². The first-order valence-corrected chi connectivity index (χ1v) is 5.09. The summed E-state index contributed by atoms with van der Waals surface area (Å²) in [7, 11) is 0. The molecule has 2 aromatic rings. The van der Waals surface area contributed by atoms with Crippen LogP contribution in [0, 0.1) is 18.3 Å². The van der Waals surface area contributed by atoms with Crippen LogP contribution in [-0.2, 0) is 0 Å². The molecule has 6 heteroatoms. The Morgan fingerprint density at radius 1 is 1.47 bits per heavy atom. The van der Waals surface area contributed by atoms with Gasteiger partial charge in [0.1, 0.15) is 11.8 Å². The van der Waals surface area contributed by atoms with Crippen LogP contribution >= 0.6 is 0 Å². The smallest absolute Gasteiger partial charge is 0.174 e. The Labute approximate surface area is 98.2 Å². The molecule has 2 rings (SSSR count). The van der Waals surface area contributed by atoms with Crippen molar-refractivity contribution in [2.24, 2.45) is 0 Å². The van der Waals surface area contributed by atoms with E-state index in [2.05, 4.69) is 15.2 Å². The van der Waals surface area contributed by atoms with E-state index in [1.165, 1.54) is 17.2 Å². The lowest BCUT2D eigenvalue weighted by molar-refractivity contribution is 0.193. The first-order chi connectivity index (χ1) is 8.11. The quantitative estimate of drug-likeness (QED) is 0.826. The van der Waals surface area contributed by atoms with Crippen LogP contribution in [0.5, 0.6) is 0 Å². The fourth-order valence-corrected chi connectivity index (χ4v) is 1.34. The van der Waals surface area contributed by atoms with Gasteiger partial charge < -0.3 is 5.11 Å². The molecular weight excluding hydrogens is 218 g/mol. The van der Waals surface area contributed by atoms with Crippen LogP contribution in [-0.4, -0.2) is 25.1 Å². The fraction of sp³-hybridized carbons (Fsp3) is 0.273. The number of nitriles is 1. The standard InChI is InChI=1S/C11H11N5O/c1-7-3-11(13-5-9(7)4-12)16-14-6-10(15-16)8(2)17/h3,5-6,8,17H,1-2H3. The van der Waals surface area contributed by atoms with Crippen molar-refractivity contribution < 1.29 is 5.11 Å². The van der Waals surface area contributed by atoms with Crippen molar-refractivity contribution in [1.82, 2.24) is 20.0 Å². The first-order valence-electron chi connectivity index (χ1n) is 5.09. The molecule has 0 spiro atoms. The maximum absolute atomic E-state index is 9.34. The number of rotatable bonds is 2. The van der Waals surface area contributed by atoms with E-state index < -0.39 is 6.10 Å². The van der Waals surface area contributed by atoms with E-state index in [1.54, 1.807) is 13.0 Å². The number of pyridine rings is 1. The second kappa shape index (κ2) is 4.31. The Hall–Kier alpha value is -2.26. The van der Waals surface area contributed by atoms with E-state index in [4.69, 9.17) is 5.26 Å². The Morgan fingerprint density at radius 2 is 2.24 bits per heavy atom. The minimum absolute atomic E-state index is 0.480. The molecule has 0 fully saturated rings. The molecule has 0 saturated heterocycles. The van der Waals surface area contributed by atoms with Crippen molar-refractivity contribution >= 4 is 0 Å². The predicted molar refractivity (Wildman–Crippen MR) is 59.2 cm³/mol. The molecule has 0 aliphatic carbocycles. The molecule has 2 aromatic heterocycles. The van der Waals surface area contributed by atoms with Gasteiger partial charge in [0.2, 0.25) is 0 Å². The highest BCUT2D eigenvalue weighted by Gasteiger charge is 2.09. The molecule has 0 saturated carbocycles. The monoisotopic (exact) mass is 229 g/mol. The number of hydrogen-bond acceptors (Lipinski definition) is 5. The summed E-state index contributed by atoms with van der Waals surface area (Å²) < 4.78 is 0. The third kappa shape index (κ3) is 2.14. The van der Waals surface area contributed by atoms with Gasteiger partial charge >= 0.3 is 0 Å². The summed E-state index contributed by atoms with van der Waals surface area (Å²) in [5, 5.41) is 26.2. The van der Waals surface area contributed by atoms with Crippen LogP contribution in [0.1, 0.15) is 29.8 Å². The topological polar surface area (TPSA) is 87.6 Å². The highest BCUT2D eigenvalue weighted by atomic mass is 16.3. The van der Waals surface area contributed by atoms with Gasteiger partial charge in [0.25, 0.3) is 0 Å². The van der Waals surface area contributed by atoms with Crippen LogP contribution in [0.25, 0.3) is 5.82 Å². The maximum Gasteiger partial charge on any atom is 0.174 e. The number of aliphatic hydroxyl groups is 1. The number of aromatic nitrogens is 4. The summed E-state index contributed by atoms with van der Waals surface area (Å²) in [4.78, 5) is 5.42. The summed E-state index contributed by atoms with van der Waals surface area (Å²) in [6.07, 6.45) is 2.30. The second-order valence-electron chi connectivity index (χ2n) is 3.70. The number of aliphatic hydroxyl groups excluding tert-OH is 1. The number of nitrogens with zero attached hydrogens (tertiary/aromatic N) is 5. The van der Waals surface area contributed by atoms with Gasteiger partial charge in [0, 0.05) is 6.20 Å². The van der Waals surface area contributed by atoms with Crippen LogP contribution in [0.15, 0.2) is 18.5 Å². The van der Waals surface area contributed by atoms with Gasteiger partial charge in [-0.05, 0) is 25.5 Å². The van der Waals surface area contributed by atoms with Gasteiger partial charge in [-0.2, -0.15) is 10.4 Å². The second-order valence-corrected chi connectivity index (χ2v) is 3.70. The Balaban J connectivity index is 2.40. The molecular formula is C11H11N5O. The average Bonchev–Trinajstić information content (AvgIpc) is 2.78. The fourth-order valence-electron chi connectivity index (χ4n) is 1.34. The lowest BCUT2D eigenvalue weighted by Gasteiger charge is -2.01. The Kier molecular flexibility index (Phi) is 2.85. The van der Waals surface area contributed by atoms with E-state index in [1.807, 2.05) is 13.0 Å². The summed E-state index contributed by atoms with van der Waals surface area (Å²) in [5.41, 5.74) is 1.82. The van der Waals surface area contributed by atoms with E-state index >= 15 is 0 Å². The first kappa shape index (κ1) is 11.2. The molecule has 0 amide bonds. The van der Waals surface area contributed by atoms with Gasteiger partial charge in [-0.3, -0.25) is 0 Å². The molecule has 86 valence electrons. The van der Waals surface area contributed by atoms with Gasteiger partial charge in [0.15, 0.2) is 5.82 Å². The molecule has 0 aromatic carbocycles. The van der Waals surface area contributed by atoms with Gasteiger partial charge in [-0.15, -0.1) is 9.90 Å². The molecule has 2 heterocycles. The SMILES string of the molecule is Cc1cc(-n2ncc(C(C)O)n2)ncc1C#N. The van der Waals surface area contributed by atoms with Crippen LogP contribution < -0.4 is 0 Å². The summed E-state index contributed by atoms with van der Waals surface area (Å²) in [6.45, 7) is 3.44. The van der Waals surface area contributed by atoms with E-state index in [-0.39, 0.29) is 0 Å². The lowest BCUT2D eigenvalue weighted by Crippen LogP contribution is -2.04. The van der Waals surface area contributed by atoms with Crippen molar-refractivity contribution in [3.05, 3.63) is 35.3 Å². The predicted octanol–water partition coefficient (Wildman–Crippen LogP) is 0.896. The van der Waals surface area contributed by atoms with Crippen molar-refractivity contribution in [3.63, 3.8) is 0 Å². The van der Waals surface area contributed by atoms with Gasteiger partial charge in [-0.1, -0.05) is 0 Å². The van der Waals surface area contributed by atoms with E-state index in [0.29, 0.717) is 17.1 Å². The molecule has 0 radical (unpaired) electrons. The minimum atomic E-state index is -0.664. The normalized spacial score (nSPS) is 12.1. The molecule has 0 bridgehead atoms. The number of hydrogen-bond donors (Lipinski definition) is 1. The van der Waals surface area contributed by atoms with Crippen LogP contribution in [0.4, 0.5) is 0 Å². The van der Waals surface area contributed by atoms with Crippen molar-refractivity contribution in [1.29, 1.82) is 5.26 Å². The molecule has 1 atom stereocenters. The molecule has 17 heavy (non-hydrogen) atoms. The Morgan fingerprint density at radius 3 is 2.76 bits per heavy atom. The average molecular weight is 229 g/mol. The van der Waals surface area contributed by atoms with Gasteiger partial charge in [-0.25, -0.2) is 4.98 Å². The van der Waals surface area contributed by atoms with Crippen LogP contribution in [0.3, 0.4) is 0 Å². The van der Waals surface area contributed by atoms with Crippen molar-refractivity contribution in [2.45, 2.75) is 20.0 Å². The Bertz CT molecular complexity index is 582.